The minimum atomic E-state index is 0.876. The van der Waals surface area contributed by atoms with Crippen LogP contribution in [-0.2, 0) is 6.42 Å². The van der Waals surface area contributed by atoms with Crippen molar-refractivity contribution in [2.45, 2.75) is 27.2 Å². The lowest BCUT2D eigenvalue weighted by molar-refractivity contribution is 1.10. The predicted octanol–water partition coefficient (Wildman–Crippen LogP) is 5.46. The maximum absolute atomic E-state index is 4.25. The fourth-order valence-corrected chi connectivity index (χ4v) is 2.48. The first kappa shape index (κ1) is 16.0. The van der Waals surface area contributed by atoms with Gasteiger partial charge in [-0.25, -0.2) is 0 Å². The Kier molecular flexibility index (Phi) is 5.11. The maximum atomic E-state index is 4.25. The molecule has 0 aliphatic carbocycles. The Morgan fingerprint density at radius 2 is 1.77 bits per heavy atom. The molecule has 1 nitrogen and oxygen atoms in total. The minimum Gasteiger partial charge on any atom is -0.264 e. The molecule has 22 heavy (non-hydrogen) atoms. The Morgan fingerprint density at radius 1 is 1.09 bits per heavy atom. The third kappa shape index (κ3) is 3.82. The molecule has 0 bridgehead atoms. The van der Waals surface area contributed by atoms with Crippen molar-refractivity contribution in [2.75, 3.05) is 0 Å². The molecule has 0 spiro atoms. The van der Waals surface area contributed by atoms with Crippen LogP contribution in [0.5, 0.6) is 0 Å². The van der Waals surface area contributed by atoms with Gasteiger partial charge in [-0.2, -0.15) is 0 Å². The van der Waals surface area contributed by atoms with Crippen LogP contribution < -0.4 is 0 Å². The standard InChI is InChI=1S/C21H23N/c1-15-8-6-9-16(2)21(15)13-18(4)17(3)12-19(5)20-10-7-11-22-14-20/h6-12,14H,4-5,13H2,1-3H3/b17-12+. The van der Waals surface area contributed by atoms with Crippen LogP contribution in [0, 0.1) is 13.8 Å². The topological polar surface area (TPSA) is 12.9 Å². The van der Waals surface area contributed by atoms with Crippen molar-refractivity contribution in [1.29, 1.82) is 0 Å². The Bertz CT molecular complexity index is 701. The summed E-state index contributed by atoms with van der Waals surface area (Å²) in [7, 11) is 0. The maximum Gasteiger partial charge on any atom is 0.0346 e. The molecule has 0 radical (unpaired) electrons. The zero-order chi connectivity index (χ0) is 16.1. The van der Waals surface area contributed by atoms with Crippen LogP contribution in [0.1, 0.15) is 29.2 Å². The number of allylic oxidation sites excluding steroid dienone is 4. The average Bonchev–Trinajstić information content (AvgIpc) is 2.51. The van der Waals surface area contributed by atoms with Gasteiger partial charge in [0.05, 0.1) is 0 Å². The van der Waals surface area contributed by atoms with E-state index in [0.717, 1.165) is 28.7 Å². The van der Waals surface area contributed by atoms with Crippen LogP contribution in [0.3, 0.4) is 0 Å². The van der Waals surface area contributed by atoms with Gasteiger partial charge >= 0.3 is 0 Å². The molecule has 1 aromatic heterocycles. The summed E-state index contributed by atoms with van der Waals surface area (Å²) >= 11 is 0. The van der Waals surface area contributed by atoms with Gasteiger partial charge in [-0.05, 0) is 72.2 Å². The highest BCUT2D eigenvalue weighted by molar-refractivity contribution is 5.73. The summed E-state index contributed by atoms with van der Waals surface area (Å²) in [6, 6.07) is 10.4. The van der Waals surface area contributed by atoms with E-state index in [9.17, 15) is 0 Å². The Morgan fingerprint density at radius 3 is 2.36 bits per heavy atom. The first-order valence-corrected chi connectivity index (χ1v) is 7.50. The summed E-state index contributed by atoms with van der Waals surface area (Å²) in [4.78, 5) is 4.14. The van der Waals surface area contributed by atoms with Gasteiger partial charge in [0, 0.05) is 12.4 Å². The van der Waals surface area contributed by atoms with E-state index in [0.29, 0.717) is 0 Å². The summed E-state index contributed by atoms with van der Waals surface area (Å²) in [6.07, 6.45) is 6.57. The largest absolute Gasteiger partial charge is 0.264 e. The second kappa shape index (κ2) is 7.04. The van der Waals surface area contributed by atoms with Gasteiger partial charge in [0.2, 0.25) is 0 Å². The third-order valence-electron chi connectivity index (χ3n) is 4.02. The van der Waals surface area contributed by atoms with E-state index in [1.54, 1.807) is 6.20 Å². The zero-order valence-electron chi connectivity index (χ0n) is 13.7. The van der Waals surface area contributed by atoms with Gasteiger partial charge in [-0.3, -0.25) is 4.98 Å². The van der Waals surface area contributed by atoms with E-state index in [2.05, 4.69) is 63.2 Å². The zero-order valence-corrected chi connectivity index (χ0v) is 13.7. The van der Waals surface area contributed by atoms with Gasteiger partial charge in [0.25, 0.3) is 0 Å². The molecule has 0 amide bonds. The Labute approximate surface area is 133 Å². The highest BCUT2D eigenvalue weighted by Crippen LogP contribution is 2.23. The summed E-state index contributed by atoms with van der Waals surface area (Å²) in [5, 5.41) is 0. The van der Waals surface area contributed by atoms with Crippen molar-refractivity contribution in [1.82, 2.24) is 4.98 Å². The number of hydrogen-bond acceptors (Lipinski definition) is 1. The van der Waals surface area contributed by atoms with E-state index in [1.165, 1.54) is 16.7 Å². The molecule has 1 aromatic carbocycles. The molecule has 0 unspecified atom stereocenters. The molecule has 0 aliphatic rings. The van der Waals surface area contributed by atoms with Crippen molar-refractivity contribution in [2.24, 2.45) is 0 Å². The minimum absolute atomic E-state index is 0.876. The van der Waals surface area contributed by atoms with Crippen LogP contribution in [0.4, 0.5) is 0 Å². The van der Waals surface area contributed by atoms with Gasteiger partial charge in [0.15, 0.2) is 0 Å². The van der Waals surface area contributed by atoms with E-state index in [1.807, 2.05) is 18.3 Å². The molecule has 112 valence electrons. The lowest BCUT2D eigenvalue weighted by Crippen LogP contribution is -1.97. The lowest BCUT2D eigenvalue weighted by atomic mass is 9.93. The number of aryl methyl sites for hydroxylation is 2. The molecule has 2 aromatic rings. The molecule has 1 heteroatoms. The van der Waals surface area contributed by atoms with Crippen molar-refractivity contribution >= 4 is 5.57 Å². The van der Waals surface area contributed by atoms with E-state index in [4.69, 9.17) is 0 Å². The van der Waals surface area contributed by atoms with Crippen LogP contribution >= 0.6 is 0 Å². The van der Waals surface area contributed by atoms with Crippen molar-refractivity contribution in [3.8, 4) is 0 Å². The monoisotopic (exact) mass is 289 g/mol. The third-order valence-corrected chi connectivity index (χ3v) is 4.02. The predicted molar refractivity (Wildman–Crippen MR) is 95.8 cm³/mol. The van der Waals surface area contributed by atoms with Gasteiger partial charge < -0.3 is 0 Å². The smallest absolute Gasteiger partial charge is 0.0346 e. The van der Waals surface area contributed by atoms with E-state index in [-0.39, 0.29) is 0 Å². The van der Waals surface area contributed by atoms with Crippen LogP contribution in [0.25, 0.3) is 5.57 Å². The van der Waals surface area contributed by atoms with Crippen molar-refractivity contribution < 1.29 is 0 Å². The fourth-order valence-electron chi connectivity index (χ4n) is 2.48. The molecule has 0 N–H and O–H groups in total. The second-order valence-electron chi connectivity index (χ2n) is 5.74. The number of hydrogen-bond donors (Lipinski definition) is 0. The first-order valence-electron chi connectivity index (χ1n) is 7.50. The normalized spacial score (nSPS) is 11.3. The molecule has 0 aliphatic heterocycles. The van der Waals surface area contributed by atoms with Crippen molar-refractivity contribution in [3.05, 3.63) is 95.4 Å². The number of nitrogens with zero attached hydrogens (tertiary/aromatic N) is 1. The molecule has 2 rings (SSSR count). The Balaban J connectivity index is 2.16. The molecular formula is C21H23N. The Hall–Kier alpha value is -2.41. The number of pyridine rings is 1. The summed E-state index contributed by atoms with van der Waals surface area (Å²) in [6.45, 7) is 14.8. The summed E-state index contributed by atoms with van der Waals surface area (Å²) in [5.74, 6) is 0. The van der Waals surface area contributed by atoms with E-state index < -0.39 is 0 Å². The quantitative estimate of drug-likeness (QED) is 0.666. The van der Waals surface area contributed by atoms with Gasteiger partial charge in [0.1, 0.15) is 0 Å². The molecule has 1 heterocycles. The number of rotatable bonds is 5. The van der Waals surface area contributed by atoms with Gasteiger partial charge in [-0.1, -0.05) is 43.5 Å². The van der Waals surface area contributed by atoms with Crippen LogP contribution in [-0.4, -0.2) is 4.98 Å². The van der Waals surface area contributed by atoms with Crippen LogP contribution in [0.15, 0.2) is 73.1 Å². The molecular weight excluding hydrogens is 266 g/mol. The van der Waals surface area contributed by atoms with Crippen LogP contribution in [0.2, 0.25) is 0 Å². The second-order valence-corrected chi connectivity index (χ2v) is 5.74. The highest BCUT2D eigenvalue weighted by Gasteiger charge is 2.06. The van der Waals surface area contributed by atoms with Crippen molar-refractivity contribution in [3.63, 3.8) is 0 Å². The molecule has 0 fully saturated rings. The molecule has 0 saturated heterocycles. The summed E-state index contributed by atoms with van der Waals surface area (Å²) < 4.78 is 0. The van der Waals surface area contributed by atoms with E-state index >= 15 is 0 Å². The number of benzene rings is 1. The number of aromatic nitrogens is 1. The average molecular weight is 289 g/mol. The SMILES string of the molecule is C=C(Cc1c(C)cccc1C)/C(C)=C/C(=C)c1cccnc1. The lowest BCUT2D eigenvalue weighted by Gasteiger charge is -2.13. The fraction of sp³-hybridized carbons (Fsp3) is 0.190. The molecule has 0 atom stereocenters. The highest BCUT2D eigenvalue weighted by atomic mass is 14.6. The first-order chi connectivity index (χ1) is 10.5. The molecule has 0 saturated carbocycles. The van der Waals surface area contributed by atoms with Gasteiger partial charge in [-0.15, -0.1) is 0 Å². The summed E-state index contributed by atoms with van der Waals surface area (Å²) in [5.41, 5.74) is 8.31.